The van der Waals surface area contributed by atoms with Crippen molar-refractivity contribution in [3.63, 3.8) is 0 Å². The minimum absolute atomic E-state index is 0.217. The number of hydrogen-bond donors (Lipinski definition) is 1. The average Bonchev–Trinajstić information content (AvgIpc) is 2.92. The van der Waals surface area contributed by atoms with E-state index in [-0.39, 0.29) is 11.8 Å². The lowest BCUT2D eigenvalue weighted by molar-refractivity contribution is -0.141. The Balaban J connectivity index is 2.19. The van der Waals surface area contributed by atoms with Crippen LogP contribution in [0.2, 0.25) is 0 Å². The summed E-state index contributed by atoms with van der Waals surface area (Å²) in [4.78, 5) is 8.75. The minimum atomic E-state index is -4.50. The van der Waals surface area contributed by atoms with Gasteiger partial charge in [0.1, 0.15) is 5.82 Å². The molecule has 1 aliphatic rings. The van der Waals surface area contributed by atoms with Gasteiger partial charge in [-0.2, -0.15) is 18.2 Å². The molecule has 1 aromatic rings. The highest BCUT2D eigenvalue weighted by Gasteiger charge is 2.36. The van der Waals surface area contributed by atoms with Crippen LogP contribution in [0.1, 0.15) is 19.0 Å². The van der Waals surface area contributed by atoms with Crippen molar-refractivity contribution >= 4 is 11.8 Å². The zero-order valence-corrected chi connectivity index (χ0v) is 10.2. The maximum Gasteiger partial charge on any atom is 0.433 e. The van der Waals surface area contributed by atoms with E-state index in [0.29, 0.717) is 18.4 Å². The molecule has 2 N–H and O–H groups in total. The van der Waals surface area contributed by atoms with E-state index in [0.717, 1.165) is 12.5 Å². The smallest absolute Gasteiger partial charge is 0.368 e. The monoisotopic (exact) mass is 260 g/mol. The second kappa shape index (κ2) is 4.29. The number of halogens is 3. The van der Waals surface area contributed by atoms with Gasteiger partial charge in [-0.25, -0.2) is 4.98 Å². The van der Waals surface area contributed by atoms with E-state index >= 15 is 0 Å². The van der Waals surface area contributed by atoms with Crippen LogP contribution in [0.15, 0.2) is 6.07 Å². The Morgan fingerprint density at radius 2 is 2.06 bits per heavy atom. The molecule has 2 unspecified atom stereocenters. The average molecular weight is 260 g/mol. The normalized spacial score (nSPS) is 22.9. The highest BCUT2D eigenvalue weighted by Crippen LogP contribution is 2.39. The molecule has 18 heavy (non-hydrogen) atoms. The SMILES string of the molecule is CC1CC1CN(C)c1cc(C(F)(F)F)nc(N)n1. The third kappa shape index (κ3) is 2.83. The molecule has 1 saturated carbocycles. The van der Waals surface area contributed by atoms with Gasteiger partial charge in [0.25, 0.3) is 0 Å². The van der Waals surface area contributed by atoms with Crippen molar-refractivity contribution in [3.05, 3.63) is 11.8 Å². The predicted molar refractivity (Wildman–Crippen MR) is 62.0 cm³/mol. The molecular formula is C11H15F3N4. The summed E-state index contributed by atoms with van der Waals surface area (Å²) in [6, 6.07) is 0.934. The Morgan fingerprint density at radius 1 is 1.44 bits per heavy atom. The summed E-state index contributed by atoms with van der Waals surface area (Å²) in [5.74, 6) is 1.03. The van der Waals surface area contributed by atoms with E-state index in [4.69, 9.17) is 5.73 Å². The first-order chi connectivity index (χ1) is 8.27. The third-order valence-corrected chi connectivity index (χ3v) is 3.20. The van der Waals surface area contributed by atoms with Gasteiger partial charge in [0.2, 0.25) is 5.95 Å². The Kier molecular flexibility index (Phi) is 3.08. The highest BCUT2D eigenvalue weighted by atomic mass is 19.4. The van der Waals surface area contributed by atoms with Crippen molar-refractivity contribution < 1.29 is 13.2 Å². The van der Waals surface area contributed by atoms with Crippen LogP contribution in [0.3, 0.4) is 0 Å². The molecule has 0 spiro atoms. The van der Waals surface area contributed by atoms with Crippen LogP contribution < -0.4 is 10.6 Å². The number of anilines is 2. The van der Waals surface area contributed by atoms with Gasteiger partial charge in [-0.1, -0.05) is 6.92 Å². The van der Waals surface area contributed by atoms with Crippen LogP contribution in [0, 0.1) is 11.8 Å². The van der Waals surface area contributed by atoms with Crippen molar-refractivity contribution in [2.75, 3.05) is 24.2 Å². The van der Waals surface area contributed by atoms with Crippen LogP contribution in [0.5, 0.6) is 0 Å². The van der Waals surface area contributed by atoms with Crippen LogP contribution in [0.4, 0.5) is 24.9 Å². The molecule has 0 saturated heterocycles. The highest BCUT2D eigenvalue weighted by molar-refractivity contribution is 5.43. The second-order valence-electron chi connectivity index (χ2n) is 4.82. The van der Waals surface area contributed by atoms with E-state index in [1.165, 1.54) is 0 Å². The van der Waals surface area contributed by atoms with E-state index in [9.17, 15) is 13.2 Å². The summed E-state index contributed by atoms with van der Waals surface area (Å²) < 4.78 is 37.8. The molecule has 1 aliphatic carbocycles. The van der Waals surface area contributed by atoms with Crippen LogP contribution in [0.25, 0.3) is 0 Å². The van der Waals surface area contributed by atoms with Crippen molar-refractivity contribution in [2.45, 2.75) is 19.5 Å². The molecule has 0 aliphatic heterocycles. The van der Waals surface area contributed by atoms with Crippen molar-refractivity contribution in [3.8, 4) is 0 Å². The van der Waals surface area contributed by atoms with Gasteiger partial charge in [-0.15, -0.1) is 0 Å². The lowest BCUT2D eigenvalue weighted by Gasteiger charge is -2.19. The van der Waals surface area contributed by atoms with Gasteiger partial charge in [0.15, 0.2) is 5.69 Å². The molecule has 4 nitrogen and oxygen atoms in total. The molecule has 7 heteroatoms. The molecule has 100 valence electrons. The van der Waals surface area contributed by atoms with Crippen LogP contribution >= 0.6 is 0 Å². The quantitative estimate of drug-likeness (QED) is 0.905. The number of aromatic nitrogens is 2. The summed E-state index contributed by atoms with van der Waals surface area (Å²) in [5.41, 5.74) is 4.32. The van der Waals surface area contributed by atoms with E-state index < -0.39 is 11.9 Å². The number of nitrogens with two attached hydrogens (primary N) is 1. The zero-order chi connectivity index (χ0) is 13.5. The molecule has 0 radical (unpaired) electrons. The van der Waals surface area contributed by atoms with Crippen LogP contribution in [-0.2, 0) is 6.18 Å². The van der Waals surface area contributed by atoms with Gasteiger partial charge in [-0.3, -0.25) is 0 Å². The maximum atomic E-state index is 12.6. The Labute approximate surface area is 103 Å². The predicted octanol–water partition coefficient (Wildman–Crippen LogP) is 2.17. The Bertz CT molecular complexity index is 446. The lowest BCUT2D eigenvalue weighted by atomic mass is 10.3. The summed E-state index contributed by atoms with van der Waals surface area (Å²) in [6.07, 6.45) is -3.39. The molecule has 1 fully saturated rings. The standard InChI is InChI=1S/C11H15F3N4/c1-6-3-7(6)5-18(2)9-4-8(11(12,13)14)16-10(15)17-9/h4,6-7H,3,5H2,1-2H3,(H2,15,16,17). The van der Waals surface area contributed by atoms with Gasteiger partial charge in [-0.05, 0) is 18.3 Å². The number of hydrogen-bond acceptors (Lipinski definition) is 4. The van der Waals surface area contributed by atoms with Crippen molar-refractivity contribution in [1.82, 2.24) is 9.97 Å². The number of alkyl halides is 3. The van der Waals surface area contributed by atoms with Crippen molar-refractivity contribution in [1.29, 1.82) is 0 Å². The van der Waals surface area contributed by atoms with E-state index in [2.05, 4.69) is 16.9 Å². The van der Waals surface area contributed by atoms with E-state index in [1.807, 2.05) is 0 Å². The largest absolute Gasteiger partial charge is 0.433 e. The Morgan fingerprint density at radius 3 is 2.56 bits per heavy atom. The molecule has 0 bridgehead atoms. The summed E-state index contributed by atoms with van der Waals surface area (Å²) in [6.45, 7) is 2.81. The first kappa shape index (κ1) is 12.9. The zero-order valence-electron chi connectivity index (χ0n) is 10.2. The fourth-order valence-electron chi connectivity index (χ4n) is 1.89. The third-order valence-electron chi connectivity index (χ3n) is 3.20. The van der Waals surface area contributed by atoms with Gasteiger partial charge in [0.05, 0.1) is 0 Å². The van der Waals surface area contributed by atoms with Crippen LogP contribution in [-0.4, -0.2) is 23.6 Å². The van der Waals surface area contributed by atoms with Gasteiger partial charge >= 0.3 is 6.18 Å². The molecule has 0 amide bonds. The lowest BCUT2D eigenvalue weighted by Crippen LogP contribution is -2.23. The molecule has 2 rings (SSSR count). The number of nitrogen functional groups attached to an aromatic ring is 1. The fourth-order valence-corrected chi connectivity index (χ4v) is 1.89. The number of rotatable bonds is 3. The summed E-state index contributed by atoms with van der Waals surface area (Å²) in [5, 5.41) is 0. The fraction of sp³-hybridized carbons (Fsp3) is 0.636. The minimum Gasteiger partial charge on any atom is -0.368 e. The first-order valence-corrected chi connectivity index (χ1v) is 5.70. The second-order valence-corrected chi connectivity index (χ2v) is 4.82. The molecule has 2 atom stereocenters. The Hall–Kier alpha value is -1.53. The molecular weight excluding hydrogens is 245 g/mol. The van der Waals surface area contributed by atoms with Crippen molar-refractivity contribution in [2.24, 2.45) is 11.8 Å². The first-order valence-electron chi connectivity index (χ1n) is 5.70. The summed E-state index contributed by atoms with van der Waals surface area (Å²) in [7, 11) is 1.72. The van der Waals surface area contributed by atoms with Gasteiger partial charge < -0.3 is 10.6 Å². The topological polar surface area (TPSA) is 55.0 Å². The summed E-state index contributed by atoms with van der Waals surface area (Å²) >= 11 is 0. The number of nitrogens with zero attached hydrogens (tertiary/aromatic N) is 3. The molecule has 1 heterocycles. The molecule has 0 aromatic carbocycles. The van der Waals surface area contributed by atoms with E-state index in [1.54, 1.807) is 11.9 Å². The van der Waals surface area contributed by atoms with Gasteiger partial charge in [0, 0.05) is 19.7 Å². The maximum absolute atomic E-state index is 12.6. The molecule has 1 aromatic heterocycles.